The van der Waals surface area contributed by atoms with E-state index in [9.17, 15) is 13.6 Å². The summed E-state index contributed by atoms with van der Waals surface area (Å²) >= 11 is 3.40. The number of hydrogen-bond donors (Lipinski definition) is 0. The smallest absolute Gasteiger partial charge is 0.410 e. The fourth-order valence-corrected chi connectivity index (χ4v) is 3.25. The van der Waals surface area contributed by atoms with Gasteiger partial charge in [-0.3, -0.25) is 0 Å². The quantitative estimate of drug-likeness (QED) is 0.618. The van der Waals surface area contributed by atoms with Gasteiger partial charge in [0.25, 0.3) is 0 Å². The first-order chi connectivity index (χ1) is 11.6. The van der Waals surface area contributed by atoms with Gasteiger partial charge in [0.05, 0.1) is 0 Å². The number of alkyl halides is 2. The van der Waals surface area contributed by atoms with Crippen LogP contribution in [-0.2, 0) is 11.2 Å². The van der Waals surface area contributed by atoms with Crippen LogP contribution < -0.4 is 0 Å². The van der Waals surface area contributed by atoms with Gasteiger partial charge in [0.1, 0.15) is 5.60 Å². The number of carbonyl (C=O) groups is 1. The van der Waals surface area contributed by atoms with E-state index in [4.69, 9.17) is 4.74 Å². The van der Waals surface area contributed by atoms with E-state index in [1.54, 1.807) is 4.90 Å². The molecule has 0 atom stereocenters. The van der Waals surface area contributed by atoms with Crippen molar-refractivity contribution in [2.24, 2.45) is 0 Å². The van der Waals surface area contributed by atoms with Crippen LogP contribution in [0.15, 0.2) is 28.7 Å². The molecule has 1 fully saturated rings. The summed E-state index contributed by atoms with van der Waals surface area (Å²) in [5, 5.41) is 0. The van der Waals surface area contributed by atoms with Gasteiger partial charge in [-0.25, -0.2) is 13.6 Å². The normalized spacial score (nSPS) is 18.0. The summed E-state index contributed by atoms with van der Waals surface area (Å²) in [5.41, 5.74) is 0.490. The molecule has 0 aromatic heterocycles. The highest BCUT2D eigenvalue weighted by atomic mass is 79.9. The van der Waals surface area contributed by atoms with Crippen molar-refractivity contribution < 1.29 is 18.3 Å². The Hall–Kier alpha value is -1.17. The predicted molar refractivity (Wildman–Crippen MR) is 98.0 cm³/mol. The Labute approximate surface area is 156 Å². The molecule has 0 saturated heterocycles. The maximum atomic E-state index is 13.5. The maximum Gasteiger partial charge on any atom is 0.410 e. The number of nitrogens with zero attached hydrogens (tertiary/aromatic N) is 1. The summed E-state index contributed by atoms with van der Waals surface area (Å²) in [6.45, 7) is 5.90. The number of hydrogen-bond acceptors (Lipinski definition) is 2. The summed E-state index contributed by atoms with van der Waals surface area (Å²) in [6, 6.07) is 7.70. The zero-order chi connectivity index (χ0) is 18.7. The van der Waals surface area contributed by atoms with Crippen LogP contribution in [0.1, 0.15) is 52.0 Å². The largest absolute Gasteiger partial charge is 0.444 e. The summed E-state index contributed by atoms with van der Waals surface area (Å²) in [6.07, 6.45) is 0.531. The Bertz CT molecular complexity index is 574. The second-order valence-corrected chi connectivity index (χ2v) is 8.55. The maximum absolute atomic E-state index is 13.5. The standard InChI is InChI=1S/C19H26BrF2NO2/c1-18(2,3)25-17(24)23(16-8-11-19(21,22)12-9-16)13-10-14-4-6-15(20)7-5-14/h4-7,16H,8-13H2,1-3H3. The average Bonchev–Trinajstić information content (AvgIpc) is 2.49. The van der Waals surface area contributed by atoms with E-state index in [0.717, 1.165) is 10.0 Å². The number of benzene rings is 1. The highest BCUT2D eigenvalue weighted by Gasteiger charge is 2.39. The Morgan fingerprint density at radius 3 is 2.32 bits per heavy atom. The lowest BCUT2D eigenvalue weighted by Gasteiger charge is -2.37. The van der Waals surface area contributed by atoms with Gasteiger partial charge in [0, 0.05) is 29.9 Å². The summed E-state index contributed by atoms with van der Waals surface area (Å²) < 4.78 is 33.4. The number of rotatable bonds is 4. The van der Waals surface area contributed by atoms with Gasteiger partial charge in [-0.05, 0) is 57.7 Å². The van der Waals surface area contributed by atoms with Gasteiger partial charge in [0.2, 0.25) is 5.92 Å². The molecule has 0 spiro atoms. The highest BCUT2D eigenvalue weighted by Crippen LogP contribution is 2.35. The number of halogens is 3. The van der Waals surface area contributed by atoms with Crippen molar-refractivity contribution in [1.29, 1.82) is 0 Å². The van der Waals surface area contributed by atoms with Crippen LogP contribution in [0.4, 0.5) is 13.6 Å². The third-order valence-corrected chi connectivity index (χ3v) is 4.84. The van der Waals surface area contributed by atoms with E-state index in [-0.39, 0.29) is 18.9 Å². The molecule has 3 nitrogen and oxygen atoms in total. The molecule has 6 heteroatoms. The number of amides is 1. The van der Waals surface area contributed by atoms with Gasteiger partial charge in [0.15, 0.2) is 0 Å². The van der Waals surface area contributed by atoms with Crippen LogP contribution in [0.5, 0.6) is 0 Å². The van der Waals surface area contributed by atoms with Gasteiger partial charge >= 0.3 is 6.09 Å². The fraction of sp³-hybridized carbons (Fsp3) is 0.632. The summed E-state index contributed by atoms with van der Waals surface area (Å²) in [5.74, 6) is -2.61. The Morgan fingerprint density at radius 1 is 1.24 bits per heavy atom. The molecule has 0 unspecified atom stereocenters. The molecule has 2 rings (SSSR count). The molecule has 1 aromatic rings. The van der Waals surface area contributed by atoms with Gasteiger partial charge in [-0.2, -0.15) is 0 Å². The SMILES string of the molecule is CC(C)(C)OC(=O)N(CCc1ccc(Br)cc1)C1CCC(F)(F)CC1. The van der Waals surface area contributed by atoms with Gasteiger partial charge in [-0.1, -0.05) is 28.1 Å². The van der Waals surface area contributed by atoms with E-state index in [1.165, 1.54) is 0 Å². The molecule has 0 radical (unpaired) electrons. The summed E-state index contributed by atoms with van der Waals surface area (Å²) in [7, 11) is 0. The van der Waals surface area contributed by atoms with Crippen molar-refractivity contribution in [3.8, 4) is 0 Å². The van der Waals surface area contributed by atoms with Gasteiger partial charge < -0.3 is 9.64 Å². The first-order valence-electron chi connectivity index (χ1n) is 8.68. The molecule has 1 amide bonds. The lowest BCUT2D eigenvalue weighted by molar-refractivity contribution is -0.0568. The third kappa shape index (κ3) is 6.57. The lowest BCUT2D eigenvalue weighted by atomic mass is 9.91. The first kappa shape index (κ1) is 20.1. The molecular weight excluding hydrogens is 392 g/mol. The van der Waals surface area contributed by atoms with Crippen molar-refractivity contribution in [3.63, 3.8) is 0 Å². The molecule has 0 heterocycles. The second-order valence-electron chi connectivity index (χ2n) is 7.64. The van der Waals surface area contributed by atoms with Crippen LogP contribution in [0.2, 0.25) is 0 Å². The van der Waals surface area contributed by atoms with Crippen LogP contribution in [0, 0.1) is 0 Å². The molecule has 0 bridgehead atoms. The Kier molecular flexibility index (Phi) is 6.46. The minimum Gasteiger partial charge on any atom is -0.444 e. The molecule has 140 valence electrons. The predicted octanol–water partition coefficient (Wildman–Crippen LogP) is 5.81. The van der Waals surface area contributed by atoms with Crippen molar-refractivity contribution in [3.05, 3.63) is 34.3 Å². The summed E-state index contributed by atoms with van der Waals surface area (Å²) in [4.78, 5) is 14.2. The van der Waals surface area contributed by atoms with Crippen molar-refractivity contribution in [2.45, 2.75) is 70.4 Å². The molecule has 0 N–H and O–H groups in total. The Morgan fingerprint density at radius 2 is 1.80 bits per heavy atom. The minimum absolute atomic E-state index is 0.171. The van der Waals surface area contributed by atoms with Crippen LogP contribution in [0.25, 0.3) is 0 Å². The third-order valence-electron chi connectivity index (χ3n) is 4.31. The number of ether oxygens (including phenoxy) is 1. The van der Waals surface area contributed by atoms with E-state index in [2.05, 4.69) is 15.9 Å². The second kappa shape index (κ2) is 8.02. The molecule has 25 heavy (non-hydrogen) atoms. The van der Waals surface area contributed by atoms with Gasteiger partial charge in [-0.15, -0.1) is 0 Å². The molecular formula is C19H26BrF2NO2. The topological polar surface area (TPSA) is 29.5 Å². The van der Waals surface area contributed by atoms with Crippen LogP contribution >= 0.6 is 15.9 Å². The van der Waals surface area contributed by atoms with E-state index in [1.807, 2.05) is 45.0 Å². The molecule has 0 aliphatic heterocycles. The van der Waals surface area contributed by atoms with Crippen LogP contribution in [-0.4, -0.2) is 35.1 Å². The van der Waals surface area contributed by atoms with Crippen molar-refractivity contribution in [2.75, 3.05) is 6.54 Å². The fourth-order valence-electron chi connectivity index (χ4n) is 2.98. The zero-order valence-electron chi connectivity index (χ0n) is 15.0. The molecule has 1 aliphatic rings. The molecule has 1 saturated carbocycles. The highest BCUT2D eigenvalue weighted by molar-refractivity contribution is 9.10. The lowest BCUT2D eigenvalue weighted by Crippen LogP contribution is -2.47. The zero-order valence-corrected chi connectivity index (χ0v) is 16.6. The molecule has 1 aromatic carbocycles. The van der Waals surface area contributed by atoms with Crippen molar-refractivity contribution >= 4 is 22.0 Å². The van der Waals surface area contributed by atoms with E-state index >= 15 is 0 Å². The monoisotopic (exact) mass is 417 g/mol. The first-order valence-corrected chi connectivity index (χ1v) is 9.47. The van der Waals surface area contributed by atoms with E-state index in [0.29, 0.717) is 25.8 Å². The van der Waals surface area contributed by atoms with Crippen LogP contribution in [0.3, 0.4) is 0 Å². The Balaban J connectivity index is 2.06. The minimum atomic E-state index is -2.61. The average molecular weight is 418 g/mol. The van der Waals surface area contributed by atoms with E-state index < -0.39 is 17.6 Å². The van der Waals surface area contributed by atoms with Crippen molar-refractivity contribution in [1.82, 2.24) is 4.90 Å². The number of carbonyl (C=O) groups excluding carboxylic acids is 1. The molecule has 1 aliphatic carbocycles.